The number of nitrogens with zero attached hydrogens (tertiary/aromatic N) is 1. The lowest BCUT2D eigenvalue weighted by Crippen LogP contribution is -2.30. The number of carbonyl (C=O) groups is 1. The number of halogens is 1. The van der Waals surface area contributed by atoms with Crippen molar-refractivity contribution in [1.29, 1.82) is 0 Å². The quantitative estimate of drug-likeness (QED) is 0.346. The molecule has 0 fully saturated rings. The van der Waals surface area contributed by atoms with Gasteiger partial charge in [-0.2, -0.15) is 4.31 Å². The van der Waals surface area contributed by atoms with Gasteiger partial charge in [-0.15, -0.1) is 0 Å². The van der Waals surface area contributed by atoms with Crippen LogP contribution in [0.25, 0.3) is 0 Å². The van der Waals surface area contributed by atoms with Crippen LogP contribution < -0.4 is 9.47 Å². The second-order valence-electron chi connectivity index (χ2n) is 7.52. The van der Waals surface area contributed by atoms with Crippen LogP contribution in [0.3, 0.4) is 0 Å². The molecule has 3 rings (SSSR count). The zero-order chi connectivity index (χ0) is 24.7. The van der Waals surface area contributed by atoms with Crippen LogP contribution in [0.5, 0.6) is 11.5 Å². The topological polar surface area (TPSA) is 82.1 Å². The van der Waals surface area contributed by atoms with Gasteiger partial charge in [0.1, 0.15) is 11.5 Å². The zero-order valence-electron chi connectivity index (χ0n) is 19.2. The minimum atomic E-state index is -3.93. The molecule has 34 heavy (non-hydrogen) atoms. The van der Waals surface area contributed by atoms with Crippen molar-refractivity contribution in [3.63, 3.8) is 0 Å². The SMILES string of the molecule is COC(=O)Cc1cc(Br)cc(S(=O)(=O)N(Cc2ccc(OC)cc2)Cc2ccc(OC)cc2)c1. The fraction of sp³-hybridized carbons (Fsp3) is 0.240. The van der Waals surface area contributed by atoms with Gasteiger partial charge in [-0.3, -0.25) is 4.79 Å². The Kier molecular flexibility index (Phi) is 8.71. The first-order valence-electron chi connectivity index (χ1n) is 10.4. The number of hydrogen-bond donors (Lipinski definition) is 0. The van der Waals surface area contributed by atoms with Crippen molar-refractivity contribution in [2.45, 2.75) is 24.4 Å². The average Bonchev–Trinajstić information content (AvgIpc) is 2.84. The van der Waals surface area contributed by atoms with Crippen molar-refractivity contribution in [3.8, 4) is 11.5 Å². The summed E-state index contributed by atoms with van der Waals surface area (Å²) in [6, 6.07) is 19.2. The summed E-state index contributed by atoms with van der Waals surface area (Å²) in [5.74, 6) is 0.926. The molecule has 9 heteroatoms. The lowest BCUT2D eigenvalue weighted by Gasteiger charge is -2.23. The summed E-state index contributed by atoms with van der Waals surface area (Å²) in [6.07, 6.45) is -0.0323. The molecule has 0 saturated heterocycles. The van der Waals surface area contributed by atoms with Crippen molar-refractivity contribution in [1.82, 2.24) is 4.31 Å². The first-order valence-corrected chi connectivity index (χ1v) is 12.6. The van der Waals surface area contributed by atoms with Gasteiger partial charge in [-0.1, -0.05) is 40.2 Å². The zero-order valence-corrected chi connectivity index (χ0v) is 21.6. The predicted octanol–water partition coefficient (Wildman–Crippen LogP) is 4.57. The second kappa shape index (κ2) is 11.5. The van der Waals surface area contributed by atoms with E-state index in [1.165, 1.54) is 23.5 Å². The smallest absolute Gasteiger partial charge is 0.309 e. The van der Waals surface area contributed by atoms with Gasteiger partial charge < -0.3 is 14.2 Å². The van der Waals surface area contributed by atoms with Gasteiger partial charge in [0.05, 0.1) is 32.6 Å². The van der Waals surface area contributed by atoms with E-state index in [9.17, 15) is 13.2 Å². The molecule has 0 radical (unpaired) electrons. The van der Waals surface area contributed by atoms with Gasteiger partial charge >= 0.3 is 5.97 Å². The normalized spacial score (nSPS) is 11.3. The highest BCUT2D eigenvalue weighted by Gasteiger charge is 2.26. The number of carbonyl (C=O) groups excluding carboxylic acids is 1. The highest BCUT2D eigenvalue weighted by atomic mass is 79.9. The summed E-state index contributed by atoms with van der Waals surface area (Å²) in [7, 11) is 0.523. The highest BCUT2D eigenvalue weighted by molar-refractivity contribution is 9.10. The summed E-state index contributed by atoms with van der Waals surface area (Å²) in [5.41, 5.74) is 2.15. The average molecular weight is 548 g/mol. The molecule has 0 amide bonds. The Labute approximate surface area is 208 Å². The van der Waals surface area contributed by atoms with Gasteiger partial charge in [-0.25, -0.2) is 8.42 Å². The maximum atomic E-state index is 13.8. The van der Waals surface area contributed by atoms with Crippen molar-refractivity contribution in [2.75, 3.05) is 21.3 Å². The van der Waals surface area contributed by atoms with Crippen LogP contribution in [0.1, 0.15) is 16.7 Å². The van der Waals surface area contributed by atoms with Crippen LogP contribution in [-0.2, 0) is 39.1 Å². The molecule has 0 spiro atoms. The molecule has 0 N–H and O–H groups in total. The van der Waals surface area contributed by atoms with Crippen molar-refractivity contribution in [3.05, 3.63) is 87.9 Å². The summed E-state index contributed by atoms with van der Waals surface area (Å²) in [6.45, 7) is 0.300. The second-order valence-corrected chi connectivity index (χ2v) is 10.4. The minimum Gasteiger partial charge on any atom is -0.497 e. The van der Waals surface area contributed by atoms with Crippen LogP contribution in [0.2, 0.25) is 0 Å². The molecular formula is C25H26BrNO6S. The predicted molar refractivity (Wildman–Crippen MR) is 132 cm³/mol. The summed E-state index contributed by atoms with van der Waals surface area (Å²) in [5, 5.41) is 0. The van der Waals surface area contributed by atoms with Gasteiger partial charge in [0.2, 0.25) is 10.0 Å². The molecule has 0 saturated carbocycles. The fourth-order valence-electron chi connectivity index (χ4n) is 3.35. The van der Waals surface area contributed by atoms with Gasteiger partial charge in [0.15, 0.2) is 0 Å². The Balaban J connectivity index is 1.99. The van der Waals surface area contributed by atoms with Gasteiger partial charge in [0, 0.05) is 17.6 Å². The lowest BCUT2D eigenvalue weighted by molar-refractivity contribution is -0.139. The van der Waals surface area contributed by atoms with E-state index in [0.717, 1.165) is 11.1 Å². The monoisotopic (exact) mass is 547 g/mol. The highest BCUT2D eigenvalue weighted by Crippen LogP contribution is 2.27. The van der Waals surface area contributed by atoms with E-state index in [0.29, 0.717) is 21.5 Å². The number of esters is 1. The molecule has 0 bridgehead atoms. The molecule has 0 aromatic heterocycles. The Morgan fingerprint density at radius 3 is 1.74 bits per heavy atom. The largest absolute Gasteiger partial charge is 0.497 e. The first-order chi connectivity index (χ1) is 16.2. The van der Waals surface area contributed by atoms with E-state index in [4.69, 9.17) is 14.2 Å². The minimum absolute atomic E-state index is 0.0323. The van der Waals surface area contributed by atoms with Crippen LogP contribution in [0.15, 0.2) is 76.1 Å². The third kappa shape index (κ3) is 6.59. The molecule has 0 aliphatic heterocycles. The standard InChI is InChI=1S/C25H26BrNO6S/c1-31-22-8-4-18(5-9-22)16-27(17-19-6-10-23(32-2)11-7-19)34(29,30)24-13-20(12-21(26)15-24)14-25(28)33-3/h4-13,15H,14,16-17H2,1-3H3. The molecule has 3 aromatic carbocycles. The van der Waals surface area contributed by atoms with E-state index in [2.05, 4.69) is 15.9 Å². The van der Waals surface area contributed by atoms with Crippen LogP contribution in [-0.4, -0.2) is 40.0 Å². The maximum absolute atomic E-state index is 13.8. The molecule has 7 nitrogen and oxygen atoms in total. The Bertz CT molecular complexity index is 1180. The summed E-state index contributed by atoms with van der Waals surface area (Å²) in [4.78, 5) is 11.8. The number of ether oxygens (including phenoxy) is 3. The van der Waals surface area contributed by atoms with Gasteiger partial charge in [-0.05, 0) is 59.2 Å². The molecule has 0 heterocycles. The summed E-state index contributed by atoms with van der Waals surface area (Å²) >= 11 is 3.37. The number of hydrogen-bond acceptors (Lipinski definition) is 6. The number of benzene rings is 3. The van der Waals surface area contributed by atoms with E-state index in [1.54, 1.807) is 44.6 Å². The Hall–Kier alpha value is -2.88. The van der Waals surface area contributed by atoms with Crippen LogP contribution >= 0.6 is 15.9 Å². The molecule has 0 aliphatic rings. The number of methoxy groups -OCH3 is 3. The van der Waals surface area contributed by atoms with Crippen LogP contribution in [0, 0.1) is 0 Å². The first kappa shape index (κ1) is 25.7. The summed E-state index contributed by atoms with van der Waals surface area (Å²) < 4.78 is 44.7. The molecule has 3 aromatic rings. The van der Waals surface area contributed by atoms with Crippen molar-refractivity contribution >= 4 is 31.9 Å². The lowest BCUT2D eigenvalue weighted by atomic mass is 10.1. The molecule has 0 aliphatic carbocycles. The fourth-order valence-corrected chi connectivity index (χ4v) is 5.56. The van der Waals surface area contributed by atoms with E-state index < -0.39 is 16.0 Å². The van der Waals surface area contributed by atoms with Crippen molar-refractivity contribution < 1.29 is 27.4 Å². The molecule has 0 atom stereocenters. The third-order valence-corrected chi connectivity index (χ3v) is 7.41. The van der Waals surface area contributed by atoms with E-state index >= 15 is 0 Å². The van der Waals surface area contributed by atoms with Crippen LogP contribution in [0.4, 0.5) is 0 Å². The Morgan fingerprint density at radius 1 is 0.794 bits per heavy atom. The third-order valence-electron chi connectivity index (χ3n) is 5.18. The van der Waals surface area contributed by atoms with Gasteiger partial charge in [0.25, 0.3) is 0 Å². The molecule has 0 unspecified atom stereocenters. The van der Waals surface area contributed by atoms with E-state index in [1.807, 2.05) is 24.3 Å². The number of rotatable bonds is 10. The molecule has 180 valence electrons. The number of sulfonamides is 1. The Morgan fingerprint density at radius 2 is 1.29 bits per heavy atom. The maximum Gasteiger partial charge on any atom is 0.309 e. The van der Waals surface area contributed by atoms with Crippen molar-refractivity contribution in [2.24, 2.45) is 0 Å². The van der Waals surface area contributed by atoms with E-state index in [-0.39, 0.29) is 24.4 Å². The molecular weight excluding hydrogens is 522 g/mol.